The van der Waals surface area contributed by atoms with Crippen LogP contribution in [0.2, 0.25) is 0 Å². The fraction of sp³-hybridized carbons (Fsp3) is 0.455. The molecule has 0 aliphatic heterocycles. The molecule has 0 radical (unpaired) electrons. The molecular weight excluding hydrogens is 289 g/mol. The predicted octanol–water partition coefficient (Wildman–Crippen LogP) is 2.64. The Labute approximate surface area is 98.9 Å². The monoisotopic (exact) mass is 305 g/mol. The summed E-state index contributed by atoms with van der Waals surface area (Å²) in [5, 5.41) is 12.2. The highest BCUT2D eigenvalue weighted by atomic mass is 127. The number of benzene rings is 1. The van der Waals surface area contributed by atoms with Crippen LogP contribution in [0.1, 0.15) is 12.5 Å². The van der Waals surface area contributed by atoms with Crippen molar-refractivity contribution in [3.8, 4) is 0 Å². The molecule has 1 atom stereocenters. The zero-order valence-corrected chi connectivity index (χ0v) is 10.7. The normalized spacial score (nSPS) is 12.6. The van der Waals surface area contributed by atoms with Gasteiger partial charge in [-0.2, -0.15) is 0 Å². The van der Waals surface area contributed by atoms with E-state index in [0.717, 1.165) is 12.2 Å². The molecule has 1 unspecified atom stereocenters. The first-order valence-corrected chi connectivity index (χ1v) is 5.82. The Morgan fingerprint density at radius 2 is 2.21 bits per heavy atom. The van der Waals surface area contributed by atoms with Gasteiger partial charge in [-0.15, -0.1) is 0 Å². The lowest BCUT2D eigenvalue weighted by Crippen LogP contribution is -2.15. The fourth-order valence-electron chi connectivity index (χ4n) is 1.13. The number of aliphatic hydroxyl groups excluding tert-OH is 1. The maximum absolute atomic E-state index is 8.90. The highest BCUT2D eigenvalue weighted by Gasteiger charge is 2.02. The first kappa shape index (κ1) is 11.8. The van der Waals surface area contributed by atoms with Crippen LogP contribution >= 0.6 is 22.6 Å². The summed E-state index contributed by atoms with van der Waals surface area (Å²) in [6.07, 6.45) is 0. The third kappa shape index (κ3) is 3.46. The Morgan fingerprint density at radius 1 is 1.50 bits per heavy atom. The van der Waals surface area contributed by atoms with E-state index in [-0.39, 0.29) is 6.61 Å². The second-order valence-corrected chi connectivity index (χ2v) is 4.87. The summed E-state index contributed by atoms with van der Waals surface area (Å²) in [6, 6.07) is 6.32. The van der Waals surface area contributed by atoms with Gasteiger partial charge in [0.1, 0.15) is 0 Å². The number of hydrogen-bond acceptors (Lipinski definition) is 2. The summed E-state index contributed by atoms with van der Waals surface area (Å²) in [6.45, 7) is 5.16. The Kier molecular flexibility index (Phi) is 4.68. The molecule has 0 aromatic heterocycles. The van der Waals surface area contributed by atoms with Crippen molar-refractivity contribution in [2.24, 2.45) is 5.92 Å². The molecule has 0 heterocycles. The van der Waals surface area contributed by atoms with E-state index >= 15 is 0 Å². The van der Waals surface area contributed by atoms with Gasteiger partial charge in [0.05, 0.1) is 0 Å². The SMILES string of the molecule is Cc1ccc(I)cc1NCC(C)CO. The van der Waals surface area contributed by atoms with E-state index in [1.165, 1.54) is 9.13 Å². The third-order valence-electron chi connectivity index (χ3n) is 2.15. The number of nitrogens with one attached hydrogen (secondary N) is 1. The van der Waals surface area contributed by atoms with E-state index in [0.29, 0.717) is 5.92 Å². The lowest BCUT2D eigenvalue weighted by atomic mass is 10.1. The molecule has 78 valence electrons. The average Bonchev–Trinajstić information content (AvgIpc) is 2.19. The summed E-state index contributed by atoms with van der Waals surface area (Å²) < 4.78 is 1.23. The van der Waals surface area contributed by atoms with Crippen LogP contribution in [-0.2, 0) is 0 Å². The van der Waals surface area contributed by atoms with Crippen molar-refractivity contribution in [2.45, 2.75) is 13.8 Å². The molecular formula is C11H16INO. The molecule has 3 heteroatoms. The molecule has 0 bridgehead atoms. The summed E-state index contributed by atoms with van der Waals surface area (Å²) in [7, 11) is 0. The minimum absolute atomic E-state index is 0.232. The minimum Gasteiger partial charge on any atom is -0.396 e. The van der Waals surface area contributed by atoms with Crippen LogP contribution < -0.4 is 5.32 Å². The highest BCUT2D eigenvalue weighted by molar-refractivity contribution is 14.1. The minimum atomic E-state index is 0.232. The van der Waals surface area contributed by atoms with Crippen molar-refractivity contribution >= 4 is 28.3 Å². The van der Waals surface area contributed by atoms with Gasteiger partial charge in [-0.1, -0.05) is 13.0 Å². The van der Waals surface area contributed by atoms with Gasteiger partial charge in [0.25, 0.3) is 0 Å². The van der Waals surface area contributed by atoms with Crippen molar-refractivity contribution in [3.63, 3.8) is 0 Å². The Bertz CT molecular complexity index is 301. The van der Waals surface area contributed by atoms with E-state index < -0.39 is 0 Å². The third-order valence-corrected chi connectivity index (χ3v) is 2.82. The highest BCUT2D eigenvalue weighted by Crippen LogP contribution is 2.18. The maximum Gasteiger partial charge on any atom is 0.0473 e. The van der Waals surface area contributed by atoms with Gasteiger partial charge in [0.15, 0.2) is 0 Å². The quantitative estimate of drug-likeness (QED) is 0.838. The standard InChI is InChI=1S/C11H16INO/c1-8(7-14)6-13-11-5-10(12)4-3-9(11)2/h3-5,8,13-14H,6-7H2,1-2H3. The largest absolute Gasteiger partial charge is 0.396 e. The fourth-order valence-corrected chi connectivity index (χ4v) is 1.62. The molecule has 2 nitrogen and oxygen atoms in total. The first-order chi connectivity index (χ1) is 6.63. The molecule has 0 spiro atoms. The maximum atomic E-state index is 8.90. The zero-order valence-electron chi connectivity index (χ0n) is 8.55. The lowest BCUT2D eigenvalue weighted by molar-refractivity contribution is 0.244. The number of rotatable bonds is 4. The number of halogens is 1. The summed E-state index contributed by atoms with van der Waals surface area (Å²) >= 11 is 2.30. The Hall–Kier alpha value is -0.290. The van der Waals surface area contributed by atoms with E-state index in [2.05, 4.69) is 53.0 Å². The molecule has 0 amide bonds. The van der Waals surface area contributed by atoms with E-state index in [4.69, 9.17) is 5.11 Å². The first-order valence-electron chi connectivity index (χ1n) is 4.74. The van der Waals surface area contributed by atoms with Crippen LogP contribution in [0.25, 0.3) is 0 Å². The topological polar surface area (TPSA) is 32.3 Å². The average molecular weight is 305 g/mol. The van der Waals surface area contributed by atoms with Gasteiger partial charge >= 0.3 is 0 Å². The summed E-state index contributed by atoms with van der Waals surface area (Å²) in [5.41, 5.74) is 2.41. The van der Waals surface area contributed by atoms with Gasteiger partial charge in [-0.05, 0) is 53.1 Å². The second kappa shape index (κ2) is 5.56. The molecule has 0 aliphatic carbocycles. The summed E-state index contributed by atoms with van der Waals surface area (Å²) in [5.74, 6) is 0.298. The number of hydrogen-bond donors (Lipinski definition) is 2. The molecule has 2 N–H and O–H groups in total. The molecule has 0 aliphatic rings. The molecule has 1 aromatic rings. The van der Waals surface area contributed by atoms with Crippen molar-refractivity contribution in [1.29, 1.82) is 0 Å². The van der Waals surface area contributed by atoms with Gasteiger partial charge < -0.3 is 10.4 Å². The molecule has 0 fully saturated rings. The van der Waals surface area contributed by atoms with Crippen LogP contribution in [0.3, 0.4) is 0 Å². The summed E-state index contributed by atoms with van der Waals surface area (Å²) in [4.78, 5) is 0. The van der Waals surface area contributed by atoms with Crippen LogP contribution in [0.4, 0.5) is 5.69 Å². The lowest BCUT2D eigenvalue weighted by Gasteiger charge is -2.13. The van der Waals surface area contributed by atoms with Crippen molar-refractivity contribution in [1.82, 2.24) is 0 Å². The molecule has 0 saturated heterocycles. The van der Waals surface area contributed by atoms with Gasteiger partial charge in [-0.3, -0.25) is 0 Å². The van der Waals surface area contributed by atoms with Gasteiger partial charge in [0.2, 0.25) is 0 Å². The molecule has 14 heavy (non-hydrogen) atoms. The predicted molar refractivity (Wildman–Crippen MR) is 68.6 cm³/mol. The van der Waals surface area contributed by atoms with Crippen molar-refractivity contribution in [2.75, 3.05) is 18.5 Å². The van der Waals surface area contributed by atoms with Crippen molar-refractivity contribution in [3.05, 3.63) is 27.3 Å². The van der Waals surface area contributed by atoms with Crippen molar-refractivity contribution < 1.29 is 5.11 Å². The van der Waals surface area contributed by atoms with Gasteiger partial charge in [-0.25, -0.2) is 0 Å². The Balaban J connectivity index is 2.62. The van der Waals surface area contributed by atoms with E-state index in [1.54, 1.807) is 0 Å². The number of anilines is 1. The number of aliphatic hydroxyl groups is 1. The second-order valence-electron chi connectivity index (χ2n) is 3.63. The molecule has 0 saturated carbocycles. The smallest absolute Gasteiger partial charge is 0.0473 e. The number of aryl methyl sites for hydroxylation is 1. The zero-order chi connectivity index (χ0) is 10.6. The van der Waals surface area contributed by atoms with Gasteiger partial charge in [0, 0.05) is 22.4 Å². The molecule has 1 rings (SSSR count). The van der Waals surface area contributed by atoms with Crippen LogP contribution in [0, 0.1) is 16.4 Å². The van der Waals surface area contributed by atoms with Crippen LogP contribution in [-0.4, -0.2) is 18.3 Å². The van der Waals surface area contributed by atoms with E-state index in [1.807, 2.05) is 6.92 Å². The van der Waals surface area contributed by atoms with Crippen LogP contribution in [0.5, 0.6) is 0 Å². The molecule has 1 aromatic carbocycles. The van der Waals surface area contributed by atoms with Crippen LogP contribution in [0.15, 0.2) is 18.2 Å². The Morgan fingerprint density at radius 3 is 2.86 bits per heavy atom. The van der Waals surface area contributed by atoms with E-state index in [9.17, 15) is 0 Å².